The second-order valence-electron chi connectivity index (χ2n) is 4.39. The minimum Gasteiger partial charge on any atom is -0.262 e. The molecule has 0 spiro atoms. The summed E-state index contributed by atoms with van der Waals surface area (Å²) in [6.45, 7) is 0. The number of rotatable bonds is 3. The Labute approximate surface area is 121 Å². The van der Waals surface area contributed by atoms with Crippen molar-refractivity contribution in [1.29, 1.82) is 0 Å². The average Bonchev–Trinajstić information content (AvgIpc) is 3.11. The normalized spacial score (nSPS) is 15.6. The standard InChI is InChI=1S/C11H8ClF3N4S/c12-7-3-6(11(13,14)15)4-16-9(7)20-10-17-8(18-19-10)5-1-2-5/h3-5H,1-2H2,(H,17,18,19). The van der Waals surface area contributed by atoms with Crippen LogP contribution in [0.25, 0.3) is 0 Å². The van der Waals surface area contributed by atoms with Crippen molar-refractivity contribution in [2.24, 2.45) is 0 Å². The molecule has 9 heteroatoms. The Morgan fingerprint density at radius 3 is 2.70 bits per heavy atom. The van der Waals surface area contributed by atoms with Gasteiger partial charge in [0, 0.05) is 12.1 Å². The van der Waals surface area contributed by atoms with Gasteiger partial charge in [0.05, 0.1) is 10.6 Å². The highest BCUT2D eigenvalue weighted by Gasteiger charge is 2.32. The molecule has 2 aromatic heterocycles. The van der Waals surface area contributed by atoms with E-state index in [4.69, 9.17) is 11.6 Å². The molecule has 106 valence electrons. The number of aromatic nitrogens is 4. The van der Waals surface area contributed by atoms with Crippen molar-refractivity contribution in [3.8, 4) is 0 Å². The van der Waals surface area contributed by atoms with Gasteiger partial charge in [0.2, 0.25) is 5.16 Å². The molecule has 1 aliphatic rings. The molecule has 2 heterocycles. The first-order chi connectivity index (χ1) is 9.43. The van der Waals surface area contributed by atoms with Gasteiger partial charge in [-0.25, -0.2) is 9.97 Å². The Balaban J connectivity index is 1.79. The zero-order valence-corrected chi connectivity index (χ0v) is 11.5. The van der Waals surface area contributed by atoms with Gasteiger partial charge in [0.25, 0.3) is 0 Å². The van der Waals surface area contributed by atoms with E-state index in [1.54, 1.807) is 0 Å². The number of aromatic amines is 1. The van der Waals surface area contributed by atoms with E-state index in [-0.39, 0.29) is 10.0 Å². The van der Waals surface area contributed by atoms with Gasteiger partial charge in [-0.15, -0.1) is 5.10 Å². The third-order valence-electron chi connectivity index (χ3n) is 2.77. The molecule has 4 nitrogen and oxygen atoms in total. The number of nitrogens with one attached hydrogen (secondary N) is 1. The van der Waals surface area contributed by atoms with Crippen LogP contribution in [-0.4, -0.2) is 20.2 Å². The first-order valence-electron chi connectivity index (χ1n) is 5.76. The van der Waals surface area contributed by atoms with Crippen LogP contribution < -0.4 is 0 Å². The maximum atomic E-state index is 12.5. The van der Waals surface area contributed by atoms with Crippen LogP contribution in [0.2, 0.25) is 5.02 Å². The van der Waals surface area contributed by atoms with Crippen LogP contribution in [0.5, 0.6) is 0 Å². The molecule has 0 radical (unpaired) electrons. The molecule has 3 rings (SSSR count). The zero-order valence-electron chi connectivity index (χ0n) is 9.91. The Bertz CT molecular complexity index is 639. The van der Waals surface area contributed by atoms with E-state index in [1.165, 1.54) is 0 Å². The minimum atomic E-state index is -4.45. The summed E-state index contributed by atoms with van der Waals surface area (Å²) in [6.07, 6.45) is -1.54. The van der Waals surface area contributed by atoms with Crippen LogP contribution in [0.1, 0.15) is 30.1 Å². The predicted molar refractivity (Wildman–Crippen MR) is 66.7 cm³/mol. The summed E-state index contributed by atoms with van der Waals surface area (Å²) in [5.41, 5.74) is -0.875. The van der Waals surface area contributed by atoms with Crippen LogP contribution in [0.15, 0.2) is 22.4 Å². The molecule has 2 aromatic rings. The van der Waals surface area contributed by atoms with Crippen molar-refractivity contribution in [2.45, 2.75) is 35.1 Å². The minimum absolute atomic E-state index is 0.0670. The molecule has 0 atom stereocenters. The van der Waals surface area contributed by atoms with Crippen LogP contribution in [0.3, 0.4) is 0 Å². The number of hydrogen-bond acceptors (Lipinski definition) is 4. The fourth-order valence-corrected chi connectivity index (χ4v) is 2.54. The van der Waals surface area contributed by atoms with Crippen LogP contribution in [0.4, 0.5) is 13.2 Å². The highest BCUT2D eigenvalue weighted by Crippen LogP contribution is 2.39. The second-order valence-corrected chi connectivity index (χ2v) is 5.75. The van der Waals surface area contributed by atoms with Gasteiger partial charge in [-0.1, -0.05) is 11.6 Å². The molecular formula is C11H8ClF3N4S. The third-order valence-corrected chi connectivity index (χ3v) is 4.05. The van der Waals surface area contributed by atoms with Crippen molar-refractivity contribution in [3.63, 3.8) is 0 Å². The fourth-order valence-electron chi connectivity index (χ4n) is 1.59. The summed E-state index contributed by atoms with van der Waals surface area (Å²) in [4.78, 5) is 7.98. The van der Waals surface area contributed by atoms with Gasteiger partial charge < -0.3 is 0 Å². The molecule has 0 aliphatic heterocycles. The number of pyridine rings is 1. The topological polar surface area (TPSA) is 54.5 Å². The van der Waals surface area contributed by atoms with E-state index in [0.717, 1.165) is 42.7 Å². The molecule has 0 bridgehead atoms. The number of hydrogen-bond donors (Lipinski definition) is 1. The summed E-state index contributed by atoms with van der Waals surface area (Å²) in [6, 6.07) is 0.853. The fraction of sp³-hybridized carbons (Fsp3) is 0.364. The first-order valence-corrected chi connectivity index (χ1v) is 6.96. The summed E-state index contributed by atoms with van der Waals surface area (Å²) < 4.78 is 37.5. The molecule has 0 saturated heterocycles. The Kier molecular flexibility index (Phi) is 3.37. The number of nitrogens with zero attached hydrogens (tertiary/aromatic N) is 3. The summed E-state index contributed by atoms with van der Waals surface area (Å²) in [5.74, 6) is 1.23. The number of alkyl halides is 3. The molecule has 1 saturated carbocycles. The summed E-state index contributed by atoms with van der Waals surface area (Å²) in [5, 5.41) is 7.39. The number of H-pyrrole nitrogens is 1. The molecular weight excluding hydrogens is 313 g/mol. The van der Waals surface area contributed by atoms with E-state index >= 15 is 0 Å². The lowest BCUT2D eigenvalue weighted by Gasteiger charge is -2.07. The molecule has 0 aromatic carbocycles. The SMILES string of the molecule is FC(F)(F)c1cnc(Sc2n[nH]c(C3CC3)n2)c(Cl)c1. The lowest BCUT2D eigenvalue weighted by Crippen LogP contribution is -2.05. The monoisotopic (exact) mass is 320 g/mol. The lowest BCUT2D eigenvalue weighted by molar-refractivity contribution is -0.137. The lowest BCUT2D eigenvalue weighted by atomic mass is 10.3. The van der Waals surface area contributed by atoms with Crippen LogP contribution in [0, 0.1) is 0 Å². The number of halogens is 4. The maximum absolute atomic E-state index is 12.5. The van der Waals surface area contributed by atoms with E-state index in [0.29, 0.717) is 11.1 Å². The van der Waals surface area contributed by atoms with Crippen molar-refractivity contribution >= 4 is 23.4 Å². The molecule has 0 amide bonds. The molecule has 0 unspecified atom stereocenters. The molecule has 1 aliphatic carbocycles. The van der Waals surface area contributed by atoms with Gasteiger partial charge in [-0.05, 0) is 30.7 Å². The van der Waals surface area contributed by atoms with Crippen molar-refractivity contribution in [1.82, 2.24) is 20.2 Å². The molecule has 1 fully saturated rings. The predicted octanol–water partition coefficient (Wildman–Crippen LogP) is 3.90. The van der Waals surface area contributed by atoms with Gasteiger partial charge in [-0.2, -0.15) is 13.2 Å². The zero-order chi connectivity index (χ0) is 14.3. The van der Waals surface area contributed by atoms with Crippen molar-refractivity contribution in [3.05, 3.63) is 28.7 Å². The van der Waals surface area contributed by atoms with Crippen molar-refractivity contribution < 1.29 is 13.2 Å². The Morgan fingerprint density at radius 2 is 2.10 bits per heavy atom. The van der Waals surface area contributed by atoms with Crippen LogP contribution in [-0.2, 0) is 6.18 Å². The highest BCUT2D eigenvalue weighted by molar-refractivity contribution is 7.99. The average molecular weight is 321 g/mol. The van der Waals surface area contributed by atoms with Gasteiger partial charge >= 0.3 is 6.18 Å². The Hall–Kier alpha value is -1.28. The smallest absolute Gasteiger partial charge is 0.262 e. The largest absolute Gasteiger partial charge is 0.417 e. The first kappa shape index (κ1) is 13.7. The quantitative estimate of drug-likeness (QED) is 0.932. The van der Waals surface area contributed by atoms with E-state index < -0.39 is 11.7 Å². The third kappa shape index (κ3) is 2.90. The summed E-state index contributed by atoms with van der Waals surface area (Å²) in [7, 11) is 0. The molecule has 20 heavy (non-hydrogen) atoms. The maximum Gasteiger partial charge on any atom is 0.417 e. The Morgan fingerprint density at radius 1 is 1.35 bits per heavy atom. The second kappa shape index (κ2) is 4.92. The van der Waals surface area contributed by atoms with Gasteiger partial charge in [-0.3, -0.25) is 5.10 Å². The summed E-state index contributed by atoms with van der Waals surface area (Å²) >= 11 is 6.85. The van der Waals surface area contributed by atoms with Crippen LogP contribution >= 0.6 is 23.4 Å². The van der Waals surface area contributed by atoms with Gasteiger partial charge in [0.1, 0.15) is 10.9 Å². The highest BCUT2D eigenvalue weighted by atomic mass is 35.5. The van der Waals surface area contributed by atoms with Gasteiger partial charge in [0.15, 0.2) is 0 Å². The van der Waals surface area contributed by atoms with E-state index in [9.17, 15) is 13.2 Å². The van der Waals surface area contributed by atoms with Crippen molar-refractivity contribution in [2.75, 3.05) is 0 Å². The van der Waals surface area contributed by atoms with E-state index in [1.807, 2.05) is 0 Å². The van der Waals surface area contributed by atoms with E-state index in [2.05, 4.69) is 20.2 Å². The molecule has 1 N–H and O–H groups in total.